The molecule has 0 bridgehead atoms. The Hall–Kier alpha value is -4.01. The molecule has 0 fully saturated rings. The number of carbonyl (C=O) groups is 3. The molecule has 3 atom stereocenters. The zero-order valence-corrected chi connectivity index (χ0v) is 23.3. The van der Waals surface area contributed by atoms with E-state index in [0.717, 1.165) is 17.5 Å². The summed E-state index contributed by atoms with van der Waals surface area (Å²) in [5.41, 5.74) is 1.20. The highest BCUT2D eigenvalue weighted by atomic mass is 16.6. The number of aromatic nitrogens is 2. The van der Waals surface area contributed by atoms with Crippen LogP contribution in [0.1, 0.15) is 71.4 Å². The lowest BCUT2D eigenvalue weighted by molar-refractivity contribution is -0.139. The van der Waals surface area contributed by atoms with Gasteiger partial charge in [-0.3, -0.25) is 9.59 Å². The van der Waals surface area contributed by atoms with Crippen molar-refractivity contribution in [3.8, 4) is 11.5 Å². The fourth-order valence-electron chi connectivity index (χ4n) is 3.95. The van der Waals surface area contributed by atoms with Crippen LogP contribution in [-0.4, -0.2) is 40.1 Å². The molecule has 2 amide bonds. The molecule has 0 spiro atoms. The summed E-state index contributed by atoms with van der Waals surface area (Å²) in [5, 5.41) is 13.6. The molecule has 0 radical (unpaired) electrons. The van der Waals surface area contributed by atoms with Gasteiger partial charge in [-0.1, -0.05) is 89.1 Å². The minimum atomic E-state index is -1.01. The van der Waals surface area contributed by atoms with Gasteiger partial charge in [-0.15, -0.1) is 10.2 Å². The van der Waals surface area contributed by atoms with Crippen LogP contribution in [0.25, 0.3) is 11.5 Å². The number of nitrogens with zero attached hydrogens (tertiary/aromatic N) is 2. The van der Waals surface area contributed by atoms with Crippen LogP contribution in [0.15, 0.2) is 65.1 Å². The number of hydrogen-bond donors (Lipinski definition) is 2. The van der Waals surface area contributed by atoms with E-state index >= 15 is 0 Å². The number of benzene rings is 2. The van der Waals surface area contributed by atoms with Crippen LogP contribution in [0.3, 0.4) is 0 Å². The van der Waals surface area contributed by atoms with Crippen LogP contribution in [0, 0.1) is 5.41 Å². The second kappa shape index (κ2) is 13.7. The molecule has 9 nitrogen and oxygen atoms in total. The van der Waals surface area contributed by atoms with Crippen molar-refractivity contribution < 1.29 is 23.5 Å². The summed E-state index contributed by atoms with van der Waals surface area (Å²) in [6.45, 7) is 9.56. The van der Waals surface area contributed by atoms with E-state index in [9.17, 15) is 14.4 Å². The van der Waals surface area contributed by atoms with E-state index in [4.69, 9.17) is 9.15 Å². The van der Waals surface area contributed by atoms with Gasteiger partial charge < -0.3 is 19.8 Å². The fraction of sp³-hybridized carbons (Fsp3) is 0.433. The molecule has 2 N–H and O–H groups in total. The van der Waals surface area contributed by atoms with Crippen LogP contribution >= 0.6 is 0 Å². The minimum absolute atomic E-state index is 0.194. The average molecular weight is 535 g/mol. The first-order valence-corrected chi connectivity index (χ1v) is 13.3. The second-order valence-electron chi connectivity index (χ2n) is 10.6. The molecule has 0 aliphatic heterocycles. The van der Waals surface area contributed by atoms with Crippen molar-refractivity contribution in [3.05, 3.63) is 72.1 Å². The van der Waals surface area contributed by atoms with Crippen molar-refractivity contribution in [1.82, 2.24) is 20.8 Å². The Bertz CT molecular complexity index is 1220. The van der Waals surface area contributed by atoms with Gasteiger partial charge in [0.25, 0.3) is 5.91 Å². The standard InChI is InChI=1S/C30H38N4O5/c1-6-7-18-23(26(35)27(36)31-20(2)21-14-10-8-11-15-21)32-29(37)38-24(30(3,4)5)19-25-33-34-28(39-25)22-16-12-9-13-17-22/h8-17,20,23-24H,6-7,18-19H2,1-5H3,(H,31,36)(H,32,37)/t20-,23+,24-/m1/s1. The highest BCUT2D eigenvalue weighted by Gasteiger charge is 2.33. The van der Waals surface area contributed by atoms with E-state index in [1.165, 1.54) is 0 Å². The summed E-state index contributed by atoms with van der Waals surface area (Å²) in [5.74, 6) is -0.752. The topological polar surface area (TPSA) is 123 Å². The second-order valence-corrected chi connectivity index (χ2v) is 10.6. The van der Waals surface area contributed by atoms with E-state index in [1.807, 2.05) is 88.4 Å². The number of alkyl carbamates (subject to hydrolysis) is 1. The fourth-order valence-corrected chi connectivity index (χ4v) is 3.95. The van der Waals surface area contributed by atoms with Crippen LogP contribution in [0.4, 0.5) is 4.79 Å². The Kier molecular flexibility index (Phi) is 10.4. The summed E-state index contributed by atoms with van der Waals surface area (Å²) in [6, 6.07) is 17.4. The third-order valence-electron chi connectivity index (χ3n) is 6.39. The molecule has 0 aliphatic rings. The van der Waals surface area contributed by atoms with Crippen molar-refractivity contribution in [2.75, 3.05) is 0 Å². The maximum Gasteiger partial charge on any atom is 0.408 e. The van der Waals surface area contributed by atoms with Gasteiger partial charge in [0.1, 0.15) is 12.1 Å². The summed E-state index contributed by atoms with van der Waals surface area (Å²) in [4.78, 5) is 38.8. The van der Waals surface area contributed by atoms with Gasteiger partial charge in [0.05, 0.1) is 12.5 Å². The van der Waals surface area contributed by atoms with E-state index in [-0.39, 0.29) is 12.5 Å². The number of Topliss-reactive ketones (excluding diaryl/α,β-unsaturated/α-hetero) is 1. The normalized spacial score (nSPS) is 13.7. The number of rotatable bonds is 12. The summed E-state index contributed by atoms with van der Waals surface area (Å²) < 4.78 is 11.6. The Morgan fingerprint density at radius 1 is 0.949 bits per heavy atom. The van der Waals surface area contributed by atoms with Gasteiger partial charge in [-0.25, -0.2) is 4.79 Å². The van der Waals surface area contributed by atoms with Gasteiger partial charge in [-0.05, 0) is 36.5 Å². The van der Waals surface area contributed by atoms with E-state index in [0.29, 0.717) is 24.6 Å². The van der Waals surface area contributed by atoms with Gasteiger partial charge in [-0.2, -0.15) is 0 Å². The average Bonchev–Trinajstić information content (AvgIpc) is 3.39. The maximum absolute atomic E-state index is 13.0. The van der Waals surface area contributed by atoms with Gasteiger partial charge >= 0.3 is 6.09 Å². The van der Waals surface area contributed by atoms with Crippen molar-refractivity contribution in [2.24, 2.45) is 5.41 Å². The first-order valence-electron chi connectivity index (χ1n) is 13.3. The molecule has 0 saturated carbocycles. The molecule has 2 aromatic carbocycles. The van der Waals surface area contributed by atoms with E-state index in [2.05, 4.69) is 20.8 Å². The number of unbranched alkanes of at least 4 members (excludes halogenated alkanes) is 1. The van der Waals surface area contributed by atoms with Gasteiger partial charge in [0, 0.05) is 5.56 Å². The van der Waals surface area contributed by atoms with Crippen molar-refractivity contribution in [3.63, 3.8) is 0 Å². The molecular weight excluding hydrogens is 496 g/mol. The molecule has 1 aromatic heterocycles. The highest BCUT2D eigenvalue weighted by molar-refractivity contribution is 6.38. The zero-order valence-electron chi connectivity index (χ0n) is 23.3. The monoisotopic (exact) mass is 534 g/mol. The number of ether oxygens (including phenoxy) is 1. The Morgan fingerprint density at radius 2 is 1.59 bits per heavy atom. The minimum Gasteiger partial charge on any atom is -0.445 e. The van der Waals surface area contributed by atoms with Gasteiger partial charge in [0.15, 0.2) is 0 Å². The zero-order chi connectivity index (χ0) is 28.4. The van der Waals surface area contributed by atoms with Crippen LogP contribution in [-0.2, 0) is 20.7 Å². The quantitative estimate of drug-likeness (QED) is 0.297. The number of ketones is 1. The number of hydrogen-bond acceptors (Lipinski definition) is 7. The van der Waals surface area contributed by atoms with Gasteiger partial charge in [0.2, 0.25) is 17.6 Å². The number of amides is 2. The van der Waals surface area contributed by atoms with Crippen molar-refractivity contribution >= 4 is 17.8 Å². The van der Waals surface area contributed by atoms with Crippen LogP contribution < -0.4 is 10.6 Å². The molecule has 9 heteroatoms. The lowest BCUT2D eigenvalue weighted by atomic mass is 9.87. The van der Waals surface area contributed by atoms with E-state index < -0.39 is 35.3 Å². The largest absolute Gasteiger partial charge is 0.445 e. The molecule has 0 unspecified atom stereocenters. The Balaban J connectivity index is 1.66. The molecule has 39 heavy (non-hydrogen) atoms. The Morgan fingerprint density at radius 3 is 2.21 bits per heavy atom. The number of nitrogens with one attached hydrogen (secondary N) is 2. The first-order chi connectivity index (χ1) is 18.6. The third-order valence-corrected chi connectivity index (χ3v) is 6.39. The Labute approximate surface area is 229 Å². The first kappa shape index (κ1) is 29.5. The third kappa shape index (κ3) is 8.77. The predicted octanol–water partition coefficient (Wildman–Crippen LogP) is 5.43. The molecule has 1 heterocycles. The maximum atomic E-state index is 13.0. The highest BCUT2D eigenvalue weighted by Crippen LogP contribution is 2.27. The summed E-state index contributed by atoms with van der Waals surface area (Å²) in [7, 11) is 0. The smallest absolute Gasteiger partial charge is 0.408 e. The summed E-state index contributed by atoms with van der Waals surface area (Å²) >= 11 is 0. The summed E-state index contributed by atoms with van der Waals surface area (Å²) in [6.07, 6.45) is 0.562. The van der Waals surface area contributed by atoms with Crippen molar-refractivity contribution in [1.29, 1.82) is 0 Å². The lowest BCUT2D eigenvalue weighted by Crippen LogP contribution is -2.49. The molecule has 208 valence electrons. The van der Waals surface area contributed by atoms with E-state index in [1.54, 1.807) is 6.92 Å². The number of carbonyl (C=O) groups excluding carboxylic acids is 3. The SMILES string of the molecule is CCCC[C@H](NC(=O)O[C@H](Cc1nnc(-c2ccccc2)o1)C(C)(C)C)C(=O)C(=O)N[C@H](C)c1ccccc1. The van der Waals surface area contributed by atoms with Crippen LogP contribution in [0.5, 0.6) is 0 Å². The van der Waals surface area contributed by atoms with Crippen molar-refractivity contribution in [2.45, 2.75) is 78.5 Å². The molecule has 0 saturated heterocycles. The van der Waals surface area contributed by atoms with Crippen LogP contribution in [0.2, 0.25) is 0 Å². The lowest BCUT2D eigenvalue weighted by Gasteiger charge is -2.30. The molecular formula is C30H38N4O5. The molecule has 3 aromatic rings. The molecule has 0 aliphatic carbocycles. The molecule has 3 rings (SSSR count). The predicted molar refractivity (Wildman–Crippen MR) is 148 cm³/mol.